The molecule has 0 atom stereocenters. The maximum Gasteiger partial charge on any atom is 0.484 e. The Balaban J connectivity index is 2.30. The predicted octanol–water partition coefficient (Wildman–Crippen LogP) is 4.71. The minimum atomic E-state index is -4.70. The van der Waals surface area contributed by atoms with E-state index in [4.69, 9.17) is 4.74 Å². The molecule has 0 spiro atoms. The fraction of sp³-hybridized carbons (Fsp3) is 0.400. The Kier molecular flexibility index (Phi) is 6.25. The molecule has 1 amide bonds. The zero-order valence-corrected chi connectivity index (χ0v) is 17.2. The van der Waals surface area contributed by atoms with Crippen molar-refractivity contribution in [1.29, 1.82) is 5.26 Å². The van der Waals surface area contributed by atoms with Crippen LogP contribution in [0.25, 0.3) is 11.3 Å². The topological polar surface area (TPSA) is 99.9 Å². The van der Waals surface area contributed by atoms with Crippen molar-refractivity contribution in [3.8, 4) is 17.3 Å². The highest BCUT2D eigenvalue weighted by Crippen LogP contribution is 2.27. The van der Waals surface area contributed by atoms with Gasteiger partial charge in [0, 0.05) is 5.56 Å². The fourth-order valence-electron chi connectivity index (χ4n) is 2.55. The number of hydrogen-bond acceptors (Lipinski definition) is 6. The zero-order chi connectivity index (χ0) is 22.7. The molecule has 0 aliphatic rings. The standard InChI is InChI=1S/C20H22F3N5O2/c1-18(2,3)30-17(29)28-19(4,5)14-8-6-12(7-9-14)15-13(10-24)11-25-16(26-15)27-20(21,22)23/h6-9,11H,1-5H3,(H,28,29)(H,25,26,27). The Morgan fingerprint density at radius 2 is 1.70 bits per heavy atom. The first-order valence-electron chi connectivity index (χ1n) is 8.94. The van der Waals surface area contributed by atoms with Crippen LogP contribution in [-0.2, 0) is 10.3 Å². The number of nitrogens with one attached hydrogen (secondary N) is 2. The van der Waals surface area contributed by atoms with Gasteiger partial charge in [0.2, 0.25) is 5.95 Å². The molecule has 0 saturated carbocycles. The summed E-state index contributed by atoms with van der Waals surface area (Å²) < 4.78 is 42.9. The highest BCUT2D eigenvalue weighted by molar-refractivity contribution is 5.70. The Morgan fingerprint density at radius 3 is 2.20 bits per heavy atom. The van der Waals surface area contributed by atoms with E-state index in [2.05, 4.69) is 15.3 Å². The van der Waals surface area contributed by atoms with E-state index >= 15 is 0 Å². The van der Waals surface area contributed by atoms with Gasteiger partial charge in [-0.25, -0.2) is 14.8 Å². The summed E-state index contributed by atoms with van der Waals surface area (Å²) in [6, 6.07) is 8.45. The zero-order valence-electron chi connectivity index (χ0n) is 17.2. The van der Waals surface area contributed by atoms with Gasteiger partial charge in [-0.15, -0.1) is 0 Å². The van der Waals surface area contributed by atoms with Gasteiger partial charge in [-0.3, -0.25) is 5.32 Å². The van der Waals surface area contributed by atoms with Crippen molar-refractivity contribution in [3.63, 3.8) is 0 Å². The van der Waals surface area contributed by atoms with Crippen LogP contribution in [0.15, 0.2) is 30.5 Å². The van der Waals surface area contributed by atoms with Crippen LogP contribution in [0.2, 0.25) is 0 Å². The Bertz CT molecular complexity index is 958. The first-order valence-corrected chi connectivity index (χ1v) is 8.94. The molecule has 0 aliphatic carbocycles. The summed E-state index contributed by atoms with van der Waals surface area (Å²) in [6.07, 6.45) is -4.26. The van der Waals surface area contributed by atoms with E-state index in [9.17, 15) is 23.2 Å². The Hall–Kier alpha value is -3.35. The number of ether oxygens (including phenoxy) is 1. The van der Waals surface area contributed by atoms with E-state index in [0.717, 1.165) is 11.8 Å². The van der Waals surface area contributed by atoms with Crippen molar-refractivity contribution in [2.24, 2.45) is 0 Å². The number of rotatable bonds is 4. The molecular formula is C20H22F3N5O2. The summed E-state index contributed by atoms with van der Waals surface area (Å²) in [5.74, 6) is -0.660. The van der Waals surface area contributed by atoms with E-state index in [0.29, 0.717) is 5.56 Å². The number of aromatic nitrogens is 2. The summed E-state index contributed by atoms with van der Waals surface area (Å²) in [5.41, 5.74) is -0.194. The average molecular weight is 421 g/mol. The Morgan fingerprint density at radius 1 is 1.10 bits per heavy atom. The number of carbonyl (C=O) groups is 1. The maximum atomic E-state index is 12.5. The third-order valence-corrected chi connectivity index (χ3v) is 3.86. The SMILES string of the molecule is CC(C)(C)OC(=O)NC(C)(C)c1ccc(-c2nc(NC(F)(F)F)ncc2C#N)cc1. The van der Waals surface area contributed by atoms with E-state index in [1.807, 2.05) is 6.07 Å². The molecule has 30 heavy (non-hydrogen) atoms. The largest absolute Gasteiger partial charge is 0.484 e. The van der Waals surface area contributed by atoms with Crippen molar-refractivity contribution in [2.75, 3.05) is 5.32 Å². The summed E-state index contributed by atoms with van der Waals surface area (Å²) in [6.45, 7) is 8.83. The first-order chi connectivity index (χ1) is 13.7. The van der Waals surface area contributed by atoms with Gasteiger partial charge in [0.15, 0.2) is 0 Å². The Labute approximate surface area is 172 Å². The third-order valence-electron chi connectivity index (χ3n) is 3.86. The van der Waals surface area contributed by atoms with Gasteiger partial charge in [0.25, 0.3) is 0 Å². The van der Waals surface area contributed by atoms with Crippen molar-refractivity contribution in [1.82, 2.24) is 15.3 Å². The van der Waals surface area contributed by atoms with E-state index in [1.54, 1.807) is 58.9 Å². The lowest BCUT2D eigenvalue weighted by molar-refractivity contribution is -0.101. The fourth-order valence-corrected chi connectivity index (χ4v) is 2.55. The molecule has 0 aliphatic heterocycles. The van der Waals surface area contributed by atoms with Crippen molar-refractivity contribution in [3.05, 3.63) is 41.6 Å². The van der Waals surface area contributed by atoms with Crippen LogP contribution in [0.3, 0.4) is 0 Å². The van der Waals surface area contributed by atoms with Crippen LogP contribution in [-0.4, -0.2) is 28.0 Å². The summed E-state index contributed by atoms with van der Waals surface area (Å²) >= 11 is 0. The van der Waals surface area contributed by atoms with Gasteiger partial charge in [-0.1, -0.05) is 24.3 Å². The van der Waals surface area contributed by atoms with Crippen LogP contribution in [0.4, 0.5) is 23.9 Å². The molecule has 0 saturated heterocycles. The second-order valence-corrected chi connectivity index (χ2v) is 8.02. The number of nitrogens with zero attached hydrogens (tertiary/aromatic N) is 3. The lowest BCUT2D eigenvalue weighted by Crippen LogP contribution is -2.43. The third kappa shape index (κ3) is 6.34. The molecule has 2 aromatic rings. The lowest BCUT2D eigenvalue weighted by Gasteiger charge is -2.29. The number of alkyl carbamates (subject to hydrolysis) is 1. The second kappa shape index (κ2) is 8.18. The molecule has 2 N–H and O–H groups in total. The van der Waals surface area contributed by atoms with Crippen LogP contribution in [0.5, 0.6) is 0 Å². The van der Waals surface area contributed by atoms with Gasteiger partial charge in [0.05, 0.1) is 23.0 Å². The van der Waals surface area contributed by atoms with Crippen molar-refractivity contribution >= 4 is 12.0 Å². The molecule has 0 fully saturated rings. The molecule has 1 aromatic heterocycles. The maximum absolute atomic E-state index is 12.5. The van der Waals surface area contributed by atoms with Gasteiger partial charge < -0.3 is 10.1 Å². The second-order valence-electron chi connectivity index (χ2n) is 8.02. The number of benzene rings is 1. The number of nitriles is 1. The van der Waals surface area contributed by atoms with E-state index in [1.165, 1.54) is 5.32 Å². The van der Waals surface area contributed by atoms with Gasteiger partial charge in [0.1, 0.15) is 11.7 Å². The molecule has 160 valence electrons. The lowest BCUT2D eigenvalue weighted by atomic mass is 9.93. The minimum absolute atomic E-state index is 0.0293. The van der Waals surface area contributed by atoms with Gasteiger partial charge >= 0.3 is 12.4 Å². The number of alkyl halides is 3. The molecule has 0 radical (unpaired) electrons. The van der Waals surface area contributed by atoms with E-state index < -0.39 is 29.5 Å². The van der Waals surface area contributed by atoms with Crippen LogP contribution >= 0.6 is 0 Å². The average Bonchev–Trinajstić information content (AvgIpc) is 2.58. The number of halogens is 3. The van der Waals surface area contributed by atoms with Crippen LogP contribution < -0.4 is 10.6 Å². The number of amides is 1. The van der Waals surface area contributed by atoms with Crippen molar-refractivity contribution < 1.29 is 22.7 Å². The summed E-state index contributed by atoms with van der Waals surface area (Å²) in [4.78, 5) is 19.4. The van der Waals surface area contributed by atoms with Gasteiger partial charge in [-0.05, 0) is 40.2 Å². The predicted molar refractivity (Wildman–Crippen MR) is 104 cm³/mol. The minimum Gasteiger partial charge on any atom is -0.444 e. The summed E-state index contributed by atoms with van der Waals surface area (Å²) in [5, 5.41) is 13.2. The monoisotopic (exact) mass is 421 g/mol. The smallest absolute Gasteiger partial charge is 0.444 e. The molecule has 0 unspecified atom stereocenters. The van der Waals surface area contributed by atoms with Crippen LogP contribution in [0.1, 0.15) is 45.7 Å². The molecule has 1 aromatic carbocycles. The number of anilines is 1. The molecule has 0 bridgehead atoms. The molecule has 7 nitrogen and oxygen atoms in total. The van der Waals surface area contributed by atoms with E-state index in [-0.39, 0.29) is 11.3 Å². The normalized spacial score (nSPS) is 12.1. The molecule has 2 rings (SSSR count). The highest BCUT2D eigenvalue weighted by Gasteiger charge is 2.29. The molecule has 1 heterocycles. The molecular weight excluding hydrogens is 399 g/mol. The van der Waals surface area contributed by atoms with Crippen molar-refractivity contribution in [2.45, 2.75) is 52.1 Å². The number of carbonyl (C=O) groups excluding carboxylic acids is 1. The quantitative estimate of drug-likeness (QED) is 0.694. The van der Waals surface area contributed by atoms with Gasteiger partial charge in [-0.2, -0.15) is 18.4 Å². The first kappa shape index (κ1) is 22.9. The highest BCUT2D eigenvalue weighted by atomic mass is 19.4. The molecule has 10 heteroatoms. The van der Waals surface area contributed by atoms with Crippen LogP contribution in [0, 0.1) is 11.3 Å². The summed E-state index contributed by atoms with van der Waals surface area (Å²) in [7, 11) is 0. The number of hydrogen-bond donors (Lipinski definition) is 2.